The summed E-state index contributed by atoms with van der Waals surface area (Å²) in [4.78, 5) is 4.84. The van der Waals surface area contributed by atoms with Crippen molar-refractivity contribution in [2.24, 2.45) is 5.73 Å². The summed E-state index contributed by atoms with van der Waals surface area (Å²) in [5, 5.41) is 0. The predicted molar refractivity (Wildman–Crippen MR) is 83.1 cm³/mol. The van der Waals surface area contributed by atoms with E-state index in [4.69, 9.17) is 10.5 Å². The number of hydrogen-bond donors (Lipinski definition) is 1. The van der Waals surface area contributed by atoms with E-state index in [0.29, 0.717) is 12.6 Å². The van der Waals surface area contributed by atoms with Gasteiger partial charge >= 0.3 is 0 Å². The van der Waals surface area contributed by atoms with Crippen molar-refractivity contribution >= 4 is 0 Å². The predicted octanol–water partition coefficient (Wildman–Crippen LogP) is 1.72. The largest absolute Gasteiger partial charge is 0.491 e. The van der Waals surface area contributed by atoms with Crippen molar-refractivity contribution in [1.29, 1.82) is 0 Å². The van der Waals surface area contributed by atoms with Crippen LogP contribution in [-0.2, 0) is 0 Å². The smallest absolute Gasteiger partial charge is 0.120 e. The molecule has 1 aliphatic rings. The van der Waals surface area contributed by atoms with E-state index in [1.807, 2.05) is 19.9 Å². The lowest BCUT2D eigenvalue weighted by Gasteiger charge is -2.37. The van der Waals surface area contributed by atoms with Crippen LogP contribution in [0.25, 0.3) is 0 Å². The van der Waals surface area contributed by atoms with Crippen LogP contribution in [0.4, 0.5) is 0 Å². The molecule has 1 unspecified atom stereocenters. The van der Waals surface area contributed by atoms with Gasteiger partial charge in [0.25, 0.3) is 0 Å². The van der Waals surface area contributed by atoms with E-state index in [2.05, 4.69) is 35.0 Å². The van der Waals surface area contributed by atoms with Crippen LogP contribution in [0.2, 0.25) is 0 Å². The first kappa shape index (κ1) is 15.3. The molecular formula is C16H27N3O. The van der Waals surface area contributed by atoms with E-state index in [0.717, 1.165) is 31.9 Å². The Morgan fingerprint density at radius 3 is 2.50 bits per heavy atom. The lowest BCUT2D eigenvalue weighted by molar-refractivity contribution is 0.114. The molecule has 1 fully saturated rings. The molecule has 0 spiro atoms. The first-order valence-electron chi connectivity index (χ1n) is 7.49. The zero-order valence-corrected chi connectivity index (χ0v) is 12.9. The van der Waals surface area contributed by atoms with E-state index >= 15 is 0 Å². The molecule has 2 rings (SSSR count). The Labute approximate surface area is 122 Å². The van der Waals surface area contributed by atoms with Crippen LogP contribution in [0, 0.1) is 0 Å². The molecule has 1 aliphatic heterocycles. The molecule has 1 aromatic rings. The second-order valence-corrected chi connectivity index (χ2v) is 5.83. The molecule has 1 heterocycles. The molecule has 0 aliphatic carbocycles. The van der Waals surface area contributed by atoms with Gasteiger partial charge in [-0.1, -0.05) is 12.1 Å². The minimum absolute atomic E-state index is 0.199. The SMILES string of the molecule is CC(C)Oc1cccc(C(CN)N2CCN(C)CC2)c1. The molecule has 112 valence electrons. The Kier molecular flexibility index (Phi) is 5.40. The van der Waals surface area contributed by atoms with Gasteiger partial charge in [-0.15, -0.1) is 0 Å². The summed E-state index contributed by atoms with van der Waals surface area (Å²) in [5.74, 6) is 0.935. The third-order valence-corrected chi connectivity index (χ3v) is 3.82. The van der Waals surface area contributed by atoms with Crippen LogP contribution in [0.5, 0.6) is 5.75 Å². The van der Waals surface area contributed by atoms with Crippen molar-refractivity contribution in [2.45, 2.75) is 26.0 Å². The molecule has 4 heteroatoms. The van der Waals surface area contributed by atoms with Gasteiger partial charge in [0.15, 0.2) is 0 Å². The zero-order valence-electron chi connectivity index (χ0n) is 12.9. The van der Waals surface area contributed by atoms with Gasteiger partial charge in [-0.2, -0.15) is 0 Å². The van der Waals surface area contributed by atoms with Gasteiger partial charge in [0.2, 0.25) is 0 Å². The van der Waals surface area contributed by atoms with Gasteiger partial charge in [0, 0.05) is 38.8 Å². The second kappa shape index (κ2) is 7.07. The van der Waals surface area contributed by atoms with E-state index in [1.54, 1.807) is 0 Å². The average molecular weight is 277 g/mol. The summed E-state index contributed by atoms with van der Waals surface area (Å²) in [5.41, 5.74) is 7.28. The maximum atomic E-state index is 6.03. The van der Waals surface area contributed by atoms with Crippen LogP contribution < -0.4 is 10.5 Å². The zero-order chi connectivity index (χ0) is 14.5. The first-order valence-corrected chi connectivity index (χ1v) is 7.49. The van der Waals surface area contributed by atoms with Crippen molar-refractivity contribution in [3.8, 4) is 5.75 Å². The van der Waals surface area contributed by atoms with Crippen LogP contribution in [0.3, 0.4) is 0 Å². The van der Waals surface area contributed by atoms with E-state index in [1.165, 1.54) is 5.56 Å². The van der Waals surface area contributed by atoms with Crippen LogP contribution in [0.1, 0.15) is 25.5 Å². The van der Waals surface area contributed by atoms with Crippen LogP contribution in [-0.4, -0.2) is 55.7 Å². The Bertz CT molecular complexity index is 414. The molecule has 0 bridgehead atoms. The fourth-order valence-electron chi connectivity index (χ4n) is 2.70. The van der Waals surface area contributed by atoms with Crippen LogP contribution in [0.15, 0.2) is 24.3 Å². The molecule has 0 radical (unpaired) electrons. The van der Waals surface area contributed by atoms with Crippen molar-refractivity contribution < 1.29 is 4.74 Å². The van der Waals surface area contributed by atoms with Gasteiger partial charge in [0.05, 0.1) is 6.10 Å². The molecule has 1 atom stereocenters. The summed E-state index contributed by atoms with van der Waals surface area (Å²) < 4.78 is 5.79. The Hall–Kier alpha value is -1.10. The van der Waals surface area contributed by atoms with Crippen molar-refractivity contribution in [1.82, 2.24) is 9.80 Å². The van der Waals surface area contributed by atoms with Crippen molar-refractivity contribution in [2.75, 3.05) is 39.8 Å². The summed E-state index contributed by atoms with van der Waals surface area (Å²) in [6, 6.07) is 8.66. The number of nitrogens with zero attached hydrogens (tertiary/aromatic N) is 2. The summed E-state index contributed by atoms with van der Waals surface area (Å²) in [6.45, 7) is 9.12. The molecule has 2 N–H and O–H groups in total. The number of likely N-dealkylation sites (N-methyl/N-ethyl adjacent to an activating group) is 1. The van der Waals surface area contributed by atoms with E-state index in [-0.39, 0.29) is 6.10 Å². The molecule has 0 saturated carbocycles. The van der Waals surface area contributed by atoms with Crippen molar-refractivity contribution in [3.05, 3.63) is 29.8 Å². The number of rotatable bonds is 5. The first-order chi connectivity index (χ1) is 9.60. The molecule has 0 amide bonds. The average Bonchev–Trinajstić information content (AvgIpc) is 2.41. The van der Waals surface area contributed by atoms with Gasteiger partial charge in [-0.25, -0.2) is 0 Å². The molecule has 20 heavy (non-hydrogen) atoms. The van der Waals surface area contributed by atoms with Crippen LogP contribution >= 0.6 is 0 Å². The second-order valence-electron chi connectivity index (χ2n) is 5.83. The van der Waals surface area contributed by atoms with E-state index < -0.39 is 0 Å². The minimum Gasteiger partial charge on any atom is -0.491 e. The number of piperazine rings is 1. The minimum atomic E-state index is 0.199. The summed E-state index contributed by atoms with van der Waals surface area (Å²) in [7, 11) is 2.17. The Balaban J connectivity index is 2.10. The summed E-state index contributed by atoms with van der Waals surface area (Å²) in [6.07, 6.45) is 0.199. The lowest BCUT2D eigenvalue weighted by Crippen LogP contribution is -2.47. The molecule has 4 nitrogen and oxygen atoms in total. The van der Waals surface area contributed by atoms with Crippen molar-refractivity contribution in [3.63, 3.8) is 0 Å². The number of hydrogen-bond acceptors (Lipinski definition) is 4. The normalized spacial score (nSPS) is 19.2. The maximum absolute atomic E-state index is 6.03. The number of benzene rings is 1. The van der Waals surface area contributed by atoms with Gasteiger partial charge in [-0.3, -0.25) is 4.90 Å². The molecule has 1 aromatic carbocycles. The lowest BCUT2D eigenvalue weighted by atomic mass is 10.0. The highest BCUT2D eigenvalue weighted by atomic mass is 16.5. The Morgan fingerprint density at radius 1 is 1.20 bits per heavy atom. The van der Waals surface area contributed by atoms with Gasteiger partial charge in [0.1, 0.15) is 5.75 Å². The maximum Gasteiger partial charge on any atom is 0.120 e. The third kappa shape index (κ3) is 3.95. The highest BCUT2D eigenvalue weighted by molar-refractivity contribution is 5.31. The molecule has 0 aromatic heterocycles. The van der Waals surface area contributed by atoms with Gasteiger partial charge < -0.3 is 15.4 Å². The standard InChI is InChI=1S/C16H27N3O/c1-13(2)20-15-6-4-5-14(11-15)16(12-17)19-9-7-18(3)8-10-19/h4-6,11,13,16H,7-10,12,17H2,1-3H3. The topological polar surface area (TPSA) is 41.7 Å². The highest BCUT2D eigenvalue weighted by Gasteiger charge is 2.23. The molecule has 1 saturated heterocycles. The quantitative estimate of drug-likeness (QED) is 0.890. The highest BCUT2D eigenvalue weighted by Crippen LogP contribution is 2.25. The molecular weight excluding hydrogens is 250 g/mol. The number of ether oxygens (including phenoxy) is 1. The number of nitrogens with two attached hydrogens (primary N) is 1. The van der Waals surface area contributed by atoms with E-state index in [9.17, 15) is 0 Å². The Morgan fingerprint density at radius 2 is 1.90 bits per heavy atom. The fraction of sp³-hybridized carbons (Fsp3) is 0.625. The summed E-state index contributed by atoms with van der Waals surface area (Å²) >= 11 is 0. The fourth-order valence-corrected chi connectivity index (χ4v) is 2.70. The third-order valence-electron chi connectivity index (χ3n) is 3.82. The monoisotopic (exact) mass is 277 g/mol. The van der Waals surface area contributed by atoms with Gasteiger partial charge in [-0.05, 0) is 38.6 Å².